The van der Waals surface area contributed by atoms with E-state index in [1.54, 1.807) is 18.1 Å². The third kappa shape index (κ3) is 2.20. The van der Waals surface area contributed by atoms with Crippen molar-refractivity contribution in [3.63, 3.8) is 0 Å². The molecule has 0 spiro atoms. The Bertz CT molecular complexity index is 770. The number of hydrogen-bond acceptors (Lipinski definition) is 5. The van der Waals surface area contributed by atoms with Crippen LogP contribution in [0.5, 0.6) is 0 Å². The molecule has 2 aromatic heterocycles. The lowest BCUT2D eigenvalue weighted by Crippen LogP contribution is -2.32. The van der Waals surface area contributed by atoms with Gasteiger partial charge < -0.3 is 4.57 Å². The van der Waals surface area contributed by atoms with Gasteiger partial charge in [0.2, 0.25) is 0 Å². The number of nitrogens with zero attached hydrogens (tertiary/aromatic N) is 5. The van der Waals surface area contributed by atoms with Crippen molar-refractivity contribution in [3.8, 4) is 0 Å². The van der Waals surface area contributed by atoms with Gasteiger partial charge in [0.05, 0.1) is 18.7 Å². The molecule has 0 saturated heterocycles. The van der Waals surface area contributed by atoms with E-state index in [-0.39, 0.29) is 0 Å². The van der Waals surface area contributed by atoms with Gasteiger partial charge in [0.1, 0.15) is 11.8 Å². The van der Waals surface area contributed by atoms with Crippen LogP contribution in [0.4, 0.5) is 0 Å². The molecule has 21 heavy (non-hydrogen) atoms. The van der Waals surface area contributed by atoms with Crippen molar-refractivity contribution in [3.05, 3.63) is 48.4 Å². The number of aromatic nitrogens is 4. The number of benzene rings is 1. The molecule has 5 nitrogen and oxygen atoms in total. The Morgan fingerprint density at radius 2 is 2.10 bits per heavy atom. The number of hydrogen-bond donors (Lipinski definition) is 0. The highest BCUT2D eigenvalue weighted by Gasteiger charge is 2.24. The van der Waals surface area contributed by atoms with Crippen molar-refractivity contribution in [1.82, 2.24) is 24.4 Å². The minimum absolute atomic E-state index is 0.369. The summed E-state index contributed by atoms with van der Waals surface area (Å²) in [6.07, 6.45) is 3.40. The molecule has 0 amide bonds. The number of fused-ring (bicyclic) bond motifs is 3. The third-order valence-corrected chi connectivity index (χ3v) is 4.94. The minimum atomic E-state index is 0.369. The quantitative estimate of drug-likeness (QED) is 0.728. The molecule has 3 aromatic rings. The first-order valence-electron chi connectivity index (χ1n) is 6.91. The number of thioether (sulfide) groups is 1. The highest BCUT2D eigenvalue weighted by molar-refractivity contribution is 7.99. The van der Waals surface area contributed by atoms with Crippen LogP contribution in [0, 0.1) is 0 Å². The van der Waals surface area contributed by atoms with Crippen molar-refractivity contribution in [2.24, 2.45) is 0 Å². The van der Waals surface area contributed by atoms with Gasteiger partial charge in [0.25, 0.3) is 0 Å². The van der Waals surface area contributed by atoms with Crippen molar-refractivity contribution < 1.29 is 0 Å². The van der Waals surface area contributed by atoms with E-state index in [0.29, 0.717) is 6.04 Å². The summed E-state index contributed by atoms with van der Waals surface area (Å²) in [5.41, 5.74) is 3.12. The molecule has 1 unspecified atom stereocenters. The van der Waals surface area contributed by atoms with Gasteiger partial charge in [-0.2, -0.15) is 0 Å². The minimum Gasteiger partial charge on any atom is -0.302 e. The maximum atomic E-state index is 4.57. The first kappa shape index (κ1) is 12.8. The van der Waals surface area contributed by atoms with Crippen molar-refractivity contribution >= 4 is 22.9 Å². The predicted molar refractivity (Wildman–Crippen MR) is 82.7 cm³/mol. The lowest BCUT2D eigenvalue weighted by atomic mass is 10.1. The number of rotatable bonds is 2. The molecule has 6 heteroatoms. The molecule has 4 rings (SSSR count). The van der Waals surface area contributed by atoms with Crippen molar-refractivity contribution in [2.45, 2.75) is 24.8 Å². The van der Waals surface area contributed by atoms with Crippen LogP contribution < -0.4 is 0 Å². The van der Waals surface area contributed by atoms with Gasteiger partial charge >= 0.3 is 0 Å². The molecule has 0 radical (unpaired) electrons. The summed E-state index contributed by atoms with van der Waals surface area (Å²) in [5, 5.41) is 1.03. The summed E-state index contributed by atoms with van der Waals surface area (Å²) in [5.74, 6) is 0.937. The maximum absolute atomic E-state index is 4.57. The fourth-order valence-corrected chi connectivity index (χ4v) is 3.68. The van der Waals surface area contributed by atoms with Gasteiger partial charge in [-0.05, 0) is 12.5 Å². The summed E-state index contributed by atoms with van der Waals surface area (Å²) in [6, 6.07) is 11.0. The van der Waals surface area contributed by atoms with E-state index in [2.05, 4.69) is 61.7 Å². The third-order valence-electron chi connectivity index (χ3n) is 3.91. The molecule has 1 aromatic carbocycles. The van der Waals surface area contributed by atoms with Crippen LogP contribution >= 0.6 is 11.8 Å². The summed E-state index contributed by atoms with van der Waals surface area (Å²) >= 11 is 1.76. The lowest BCUT2D eigenvalue weighted by molar-refractivity contribution is 0.184. The molecule has 106 valence electrons. The Balaban J connectivity index is 1.67. The Morgan fingerprint density at radius 3 is 2.95 bits per heavy atom. The van der Waals surface area contributed by atoms with E-state index >= 15 is 0 Å². The average molecular weight is 297 g/mol. The zero-order valence-corrected chi connectivity index (χ0v) is 12.5. The van der Waals surface area contributed by atoms with Gasteiger partial charge in [-0.15, -0.1) is 0 Å². The molecule has 1 aliphatic heterocycles. The van der Waals surface area contributed by atoms with Crippen LogP contribution in [0.1, 0.15) is 18.5 Å². The van der Waals surface area contributed by atoms with Crippen LogP contribution in [0.3, 0.4) is 0 Å². The van der Waals surface area contributed by atoms with Crippen LogP contribution in [0.25, 0.3) is 11.2 Å². The molecule has 0 saturated carbocycles. The van der Waals surface area contributed by atoms with E-state index < -0.39 is 0 Å². The maximum Gasteiger partial charge on any atom is 0.181 e. The van der Waals surface area contributed by atoms with Gasteiger partial charge in [-0.3, -0.25) is 4.90 Å². The van der Waals surface area contributed by atoms with E-state index in [0.717, 1.165) is 28.9 Å². The topological polar surface area (TPSA) is 46.8 Å². The first-order chi connectivity index (χ1) is 10.3. The monoisotopic (exact) mass is 297 g/mol. The van der Waals surface area contributed by atoms with Crippen molar-refractivity contribution in [1.29, 1.82) is 0 Å². The number of imidazole rings is 1. The lowest BCUT2D eigenvalue weighted by Gasteiger charge is -2.33. The average Bonchev–Trinajstić information content (AvgIpc) is 2.93. The summed E-state index contributed by atoms with van der Waals surface area (Å²) < 4.78 is 2.20. The van der Waals surface area contributed by atoms with Crippen LogP contribution in [-0.4, -0.2) is 30.3 Å². The predicted octanol–water partition coefficient (Wildman–Crippen LogP) is 2.91. The fraction of sp³-hybridized carbons (Fsp3) is 0.267. The molecule has 3 heterocycles. The highest BCUT2D eigenvalue weighted by atomic mass is 32.2. The zero-order chi connectivity index (χ0) is 14.2. The Hall–Kier alpha value is -1.92. The van der Waals surface area contributed by atoms with Crippen molar-refractivity contribution in [2.75, 3.05) is 5.88 Å². The normalized spacial score (nSPS) is 16.8. The fourth-order valence-electron chi connectivity index (χ4n) is 2.63. The summed E-state index contributed by atoms with van der Waals surface area (Å²) in [6.45, 7) is 3.07. The second kappa shape index (κ2) is 5.13. The molecular formula is C15H15N5S. The highest BCUT2D eigenvalue weighted by Crippen LogP contribution is 2.32. The van der Waals surface area contributed by atoms with Gasteiger partial charge in [0.15, 0.2) is 10.8 Å². The summed E-state index contributed by atoms with van der Waals surface area (Å²) in [7, 11) is 0. The second-order valence-corrected chi connectivity index (χ2v) is 6.06. The Kier molecular flexibility index (Phi) is 3.12. The smallest absolute Gasteiger partial charge is 0.181 e. The van der Waals surface area contributed by atoms with Gasteiger partial charge in [-0.25, -0.2) is 15.0 Å². The largest absolute Gasteiger partial charge is 0.302 e. The molecular weight excluding hydrogens is 282 g/mol. The van der Waals surface area contributed by atoms with Gasteiger partial charge in [0, 0.05) is 6.04 Å². The van der Waals surface area contributed by atoms with Crippen LogP contribution in [0.15, 0.2) is 48.0 Å². The van der Waals surface area contributed by atoms with Crippen LogP contribution in [0.2, 0.25) is 0 Å². The molecule has 0 fully saturated rings. The Labute approximate surface area is 127 Å². The first-order valence-corrected chi connectivity index (χ1v) is 7.89. The Morgan fingerprint density at radius 1 is 1.24 bits per heavy atom. The molecule has 0 bridgehead atoms. The molecule has 0 aliphatic carbocycles. The van der Waals surface area contributed by atoms with Crippen LogP contribution in [-0.2, 0) is 6.67 Å². The van der Waals surface area contributed by atoms with E-state index in [4.69, 9.17) is 0 Å². The van der Waals surface area contributed by atoms with Gasteiger partial charge in [-0.1, -0.05) is 42.1 Å². The van der Waals surface area contributed by atoms with E-state index in [1.807, 2.05) is 6.20 Å². The molecule has 1 atom stereocenters. The summed E-state index contributed by atoms with van der Waals surface area (Å²) in [4.78, 5) is 15.4. The SMILES string of the molecule is CC(c1ccccc1)N1CSc2nc3ncncc3n2C1. The van der Waals surface area contributed by atoms with E-state index in [9.17, 15) is 0 Å². The zero-order valence-electron chi connectivity index (χ0n) is 11.7. The molecule has 1 aliphatic rings. The van der Waals surface area contributed by atoms with E-state index in [1.165, 1.54) is 5.56 Å². The standard InChI is InChI=1S/C15H15N5S/c1-11(12-5-3-2-4-6-12)19-9-20-13-7-16-8-17-14(13)18-15(20)21-10-19/h2-8,11H,9-10H2,1H3. The molecule has 0 N–H and O–H groups in total. The second-order valence-electron chi connectivity index (χ2n) is 5.14.